The molecule has 2 heterocycles. The van der Waals surface area contributed by atoms with Crippen molar-refractivity contribution in [1.82, 2.24) is 0 Å². The largest absolute Gasteiger partial charge is 2.00 e. The Kier molecular flexibility index (Phi) is 7.48. The molecular formula is C28H20MgN2O8. The minimum absolute atomic E-state index is 0. The van der Waals surface area contributed by atoms with Crippen LogP contribution >= 0.6 is 0 Å². The minimum Gasteiger partial charge on any atom is -0.544 e. The number of fused-ring (bicyclic) bond motifs is 2. The van der Waals surface area contributed by atoms with Crippen LogP contribution in [0.5, 0.6) is 23.0 Å². The predicted molar refractivity (Wildman–Crippen MR) is 137 cm³/mol. The van der Waals surface area contributed by atoms with Gasteiger partial charge < -0.3 is 50.1 Å². The van der Waals surface area contributed by atoms with E-state index in [1.807, 2.05) is 0 Å². The molecule has 0 amide bonds. The van der Waals surface area contributed by atoms with Crippen LogP contribution in [-0.4, -0.2) is 45.2 Å². The average molecular weight is 537 g/mol. The van der Waals surface area contributed by atoms with E-state index in [2.05, 4.69) is 10.6 Å². The summed E-state index contributed by atoms with van der Waals surface area (Å²) in [4.78, 5) is 23.1. The van der Waals surface area contributed by atoms with Gasteiger partial charge in [-0.15, -0.1) is 0 Å². The Morgan fingerprint density at radius 2 is 0.923 bits per heavy atom. The fourth-order valence-electron chi connectivity index (χ4n) is 4.27. The zero-order chi connectivity index (χ0) is 26.9. The van der Waals surface area contributed by atoms with Gasteiger partial charge in [-0.1, -0.05) is 48.5 Å². The Morgan fingerprint density at radius 3 is 1.26 bits per heavy atom. The van der Waals surface area contributed by atoms with E-state index >= 15 is 0 Å². The molecule has 0 radical (unpaired) electrons. The topological polar surface area (TPSA) is 163 Å². The van der Waals surface area contributed by atoms with Crippen LogP contribution in [0.3, 0.4) is 0 Å². The number of para-hydroxylation sites is 6. The van der Waals surface area contributed by atoms with E-state index in [0.29, 0.717) is 22.9 Å². The number of nitrogens with one attached hydrogen (secondary N) is 2. The molecule has 0 saturated carbocycles. The van der Waals surface area contributed by atoms with Crippen molar-refractivity contribution >= 4 is 46.4 Å². The summed E-state index contributed by atoms with van der Waals surface area (Å²) < 4.78 is 11.0. The number of phenolic OH excluding ortho intramolecular Hbond substituents is 2. The normalized spacial score (nSPS) is 19.7. The van der Waals surface area contributed by atoms with Crippen LogP contribution in [0, 0.1) is 0 Å². The molecule has 192 valence electrons. The molecular weight excluding hydrogens is 517 g/mol. The van der Waals surface area contributed by atoms with Gasteiger partial charge in [-0.2, -0.15) is 0 Å². The number of anilines is 2. The zero-order valence-corrected chi connectivity index (χ0v) is 21.7. The number of aliphatic carboxylic acids is 2. The molecule has 0 aromatic heterocycles. The predicted octanol–water partition coefficient (Wildman–Crippen LogP) is 1.22. The zero-order valence-electron chi connectivity index (χ0n) is 20.3. The van der Waals surface area contributed by atoms with E-state index in [-0.39, 0.29) is 45.7 Å². The smallest absolute Gasteiger partial charge is 0.544 e. The summed E-state index contributed by atoms with van der Waals surface area (Å²) in [7, 11) is 0. The van der Waals surface area contributed by atoms with E-state index in [9.17, 15) is 30.0 Å². The van der Waals surface area contributed by atoms with Crippen LogP contribution in [0.1, 0.15) is 11.1 Å². The molecule has 0 aliphatic carbocycles. The Labute approximate surface area is 238 Å². The van der Waals surface area contributed by atoms with Gasteiger partial charge in [0.15, 0.2) is 0 Å². The van der Waals surface area contributed by atoms with Gasteiger partial charge in [0.25, 0.3) is 11.4 Å². The molecule has 6 rings (SSSR count). The summed E-state index contributed by atoms with van der Waals surface area (Å²) in [5.74, 6) is -2.49. The van der Waals surface area contributed by atoms with E-state index < -0.39 is 23.4 Å². The fourth-order valence-corrected chi connectivity index (χ4v) is 4.27. The number of carbonyl (C=O) groups excluding carboxylic acids is 2. The molecule has 4 N–H and O–H groups in total. The number of benzene rings is 4. The first-order valence-electron chi connectivity index (χ1n) is 11.4. The van der Waals surface area contributed by atoms with E-state index in [1.165, 1.54) is 24.3 Å². The first kappa shape index (κ1) is 27.4. The summed E-state index contributed by atoms with van der Waals surface area (Å²) in [5, 5.41) is 48.3. The monoisotopic (exact) mass is 536 g/mol. The molecule has 4 aromatic carbocycles. The summed E-state index contributed by atoms with van der Waals surface area (Å²) in [5.41, 5.74) is -2.54. The van der Waals surface area contributed by atoms with Crippen molar-refractivity contribution in [2.75, 3.05) is 10.6 Å². The van der Waals surface area contributed by atoms with Gasteiger partial charge in [0, 0.05) is 0 Å². The maximum Gasteiger partial charge on any atom is 2.00 e. The molecule has 0 spiro atoms. The van der Waals surface area contributed by atoms with Crippen LogP contribution in [-0.2, 0) is 21.0 Å². The molecule has 2 atom stereocenters. The molecule has 2 unspecified atom stereocenters. The first-order chi connectivity index (χ1) is 18.3. The maximum absolute atomic E-state index is 11.5. The third kappa shape index (κ3) is 4.73. The quantitative estimate of drug-likeness (QED) is 0.279. The first-order valence-corrected chi connectivity index (χ1v) is 11.4. The molecule has 0 fully saturated rings. The number of carboxylic acid groups (broad SMARTS) is 2. The van der Waals surface area contributed by atoms with Gasteiger partial charge in [-0.25, -0.2) is 0 Å². The maximum atomic E-state index is 11.5. The number of rotatable bonds is 4. The third-order valence-electron chi connectivity index (χ3n) is 6.06. The van der Waals surface area contributed by atoms with Crippen molar-refractivity contribution < 1.29 is 39.5 Å². The molecule has 4 aromatic rings. The third-order valence-corrected chi connectivity index (χ3v) is 6.06. The summed E-state index contributed by atoms with van der Waals surface area (Å²) in [6.07, 6.45) is 0. The summed E-state index contributed by atoms with van der Waals surface area (Å²) in [6, 6.07) is 25.8. The minimum atomic E-state index is -1.91. The average Bonchev–Trinajstić information content (AvgIpc) is 3.50. The molecule has 11 heteroatoms. The van der Waals surface area contributed by atoms with Gasteiger partial charge in [0.2, 0.25) is 0 Å². The van der Waals surface area contributed by atoms with Gasteiger partial charge in [-0.3, -0.25) is 0 Å². The Balaban J connectivity index is 0.000000176. The second kappa shape index (κ2) is 10.6. The Hall–Kier alpha value is -4.61. The van der Waals surface area contributed by atoms with Crippen molar-refractivity contribution in [3.63, 3.8) is 0 Å². The summed E-state index contributed by atoms with van der Waals surface area (Å²) >= 11 is 0. The van der Waals surface area contributed by atoms with Crippen LogP contribution in [0.15, 0.2) is 97.1 Å². The number of hydrogen-bond donors (Lipinski definition) is 4. The van der Waals surface area contributed by atoms with Gasteiger partial charge in [0.1, 0.15) is 34.9 Å². The standard InChI is InChI=1S/2C14H11NO4.Mg/c2*16-11-7-3-1-5-9(11)14(13(17)18)15-10-6-2-4-8-12(10)19-14;/h2*1-8,15-16H,(H,17,18);/q;;+2/p-2. The summed E-state index contributed by atoms with van der Waals surface area (Å²) in [6.45, 7) is 0. The van der Waals surface area contributed by atoms with E-state index in [1.54, 1.807) is 72.8 Å². The molecule has 2 aliphatic rings. The van der Waals surface area contributed by atoms with Crippen LogP contribution < -0.4 is 30.3 Å². The SMILES string of the molecule is O=C([O-])C1(c2ccccc2O)Nc2ccccc2O1.O=C([O-])C1(c2ccccc2O)Nc2ccccc2O1.[Mg+2]. The van der Waals surface area contributed by atoms with E-state index in [0.717, 1.165) is 0 Å². The molecule has 2 aliphatic heterocycles. The van der Waals surface area contributed by atoms with Crippen molar-refractivity contribution in [2.24, 2.45) is 0 Å². The number of phenols is 2. The second-order valence-electron chi connectivity index (χ2n) is 8.42. The van der Waals surface area contributed by atoms with Crippen molar-refractivity contribution in [3.05, 3.63) is 108 Å². The van der Waals surface area contributed by atoms with Gasteiger partial charge in [-0.05, 0) is 48.5 Å². The molecule has 0 bridgehead atoms. The number of hydrogen-bond acceptors (Lipinski definition) is 10. The Morgan fingerprint density at radius 1 is 0.590 bits per heavy atom. The fraction of sp³-hybridized carbons (Fsp3) is 0.0714. The van der Waals surface area contributed by atoms with Gasteiger partial charge >= 0.3 is 23.1 Å². The van der Waals surface area contributed by atoms with Crippen molar-refractivity contribution in [2.45, 2.75) is 11.4 Å². The van der Waals surface area contributed by atoms with E-state index in [4.69, 9.17) is 9.47 Å². The van der Waals surface area contributed by atoms with Crippen LogP contribution in [0.2, 0.25) is 0 Å². The van der Waals surface area contributed by atoms with Crippen molar-refractivity contribution in [1.29, 1.82) is 0 Å². The number of ether oxygens (including phenoxy) is 2. The van der Waals surface area contributed by atoms with Crippen LogP contribution in [0.4, 0.5) is 11.4 Å². The number of aromatic hydroxyl groups is 2. The van der Waals surface area contributed by atoms with Gasteiger partial charge in [0.05, 0.1) is 22.5 Å². The number of carboxylic acids is 2. The molecule has 39 heavy (non-hydrogen) atoms. The molecule has 0 saturated heterocycles. The molecule has 10 nitrogen and oxygen atoms in total. The number of carbonyl (C=O) groups is 2. The second-order valence-corrected chi connectivity index (χ2v) is 8.42. The van der Waals surface area contributed by atoms with Crippen molar-refractivity contribution in [3.8, 4) is 23.0 Å². The Bertz CT molecular complexity index is 1380. The van der Waals surface area contributed by atoms with Crippen LogP contribution in [0.25, 0.3) is 0 Å².